The second-order valence-electron chi connectivity index (χ2n) is 7.91. The van der Waals surface area contributed by atoms with E-state index in [0.717, 1.165) is 31.9 Å². The van der Waals surface area contributed by atoms with Crippen molar-refractivity contribution in [1.29, 1.82) is 0 Å². The van der Waals surface area contributed by atoms with Crippen molar-refractivity contribution in [2.75, 3.05) is 5.32 Å². The Morgan fingerprint density at radius 1 is 0.969 bits per heavy atom. The summed E-state index contributed by atoms with van der Waals surface area (Å²) >= 11 is 1.67. The number of rotatable bonds is 3. The molecular formula is C24H21N5O2S. The van der Waals surface area contributed by atoms with E-state index >= 15 is 0 Å². The van der Waals surface area contributed by atoms with Gasteiger partial charge in [-0.3, -0.25) is 13.9 Å². The fourth-order valence-corrected chi connectivity index (χ4v) is 4.85. The summed E-state index contributed by atoms with van der Waals surface area (Å²) in [7, 11) is 3.09. The number of aromatic nitrogens is 4. The van der Waals surface area contributed by atoms with Gasteiger partial charge in [-0.15, -0.1) is 11.3 Å². The maximum atomic E-state index is 12.9. The van der Waals surface area contributed by atoms with Crippen molar-refractivity contribution in [3.63, 3.8) is 0 Å². The van der Waals surface area contributed by atoms with Crippen LogP contribution in [-0.2, 0) is 14.1 Å². The molecule has 2 aromatic carbocycles. The number of fused-ring (bicyclic) bond motifs is 2. The molecule has 7 nitrogen and oxygen atoms in total. The minimum atomic E-state index is -0.403. The molecule has 0 amide bonds. The van der Waals surface area contributed by atoms with Crippen LogP contribution >= 0.6 is 11.3 Å². The van der Waals surface area contributed by atoms with E-state index in [0.29, 0.717) is 16.7 Å². The zero-order valence-electron chi connectivity index (χ0n) is 18.1. The van der Waals surface area contributed by atoms with Gasteiger partial charge in [0, 0.05) is 31.5 Å². The van der Waals surface area contributed by atoms with Crippen LogP contribution in [0, 0.1) is 13.8 Å². The van der Waals surface area contributed by atoms with Crippen molar-refractivity contribution < 1.29 is 0 Å². The summed E-state index contributed by atoms with van der Waals surface area (Å²) in [5.74, 6) is 0. The molecule has 1 N–H and O–H groups in total. The van der Waals surface area contributed by atoms with Gasteiger partial charge in [0.05, 0.1) is 15.9 Å². The monoisotopic (exact) mass is 443 g/mol. The Balaban J connectivity index is 1.55. The molecule has 3 aromatic heterocycles. The Morgan fingerprint density at radius 2 is 1.72 bits per heavy atom. The van der Waals surface area contributed by atoms with E-state index in [-0.39, 0.29) is 5.56 Å². The first-order valence-corrected chi connectivity index (χ1v) is 10.9. The molecular weight excluding hydrogens is 422 g/mol. The molecule has 8 heteroatoms. The average Bonchev–Trinajstić information content (AvgIpc) is 3.21. The van der Waals surface area contributed by atoms with Gasteiger partial charge in [-0.05, 0) is 61.4 Å². The van der Waals surface area contributed by atoms with E-state index in [4.69, 9.17) is 4.98 Å². The Kier molecular flexibility index (Phi) is 4.67. The molecule has 160 valence electrons. The second kappa shape index (κ2) is 7.42. The highest BCUT2D eigenvalue weighted by atomic mass is 32.1. The largest absolute Gasteiger partial charge is 0.354 e. The van der Waals surface area contributed by atoms with Gasteiger partial charge in [-0.2, -0.15) is 0 Å². The molecule has 0 bridgehead atoms. The van der Waals surface area contributed by atoms with Crippen molar-refractivity contribution in [3.05, 3.63) is 80.6 Å². The van der Waals surface area contributed by atoms with Gasteiger partial charge >= 0.3 is 5.69 Å². The maximum Gasteiger partial charge on any atom is 0.332 e. The predicted molar refractivity (Wildman–Crippen MR) is 130 cm³/mol. The molecule has 3 heterocycles. The smallest absolute Gasteiger partial charge is 0.332 e. The lowest BCUT2D eigenvalue weighted by molar-refractivity contribution is 0.707. The summed E-state index contributed by atoms with van der Waals surface area (Å²) in [6.45, 7) is 3.96. The molecule has 5 rings (SSSR count). The molecule has 0 aliphatic heterocycles. The molecule has 0 radical (unpaired) electrons. The van der Waals surface area contributed by atoms with E-state index in [2.05, 4.69) is 29.4 Å². The van der Waals surface area contributed by atoms with Gasteiger partial charge in [0.2, 0.25) is 0 Å². The normalized spacial score (nSPS) is 11.4. The fourth-order valence-electron chi connectivity index (χ4n) is 3.78. The third-order valence-electron chi connectivity index (χ3n) is 5.60. The second-order valence-corrected chi connectivity index (χ2v) is 8.94. The lowest BCUT2D eigenvalue weighted by Crippen LogP contribution is -2.37. The van der Waals surface area contributed by atoms with E-state index in [1.54, 1.807) is 24.6 Å². The van der Waals surface area contributed by atoms with Gasteiger partial charge in [-0.1, -0.05) is 6.07 Å². The molecule has 0 saturated heterocycles. The third-order valence-corrected chi connectivity index (χ3v) is 6.67. The van der Waals surface area contributed by atoms with Crippen LogP contribution in [0.5, 0.6) is 0 Å². The lowest BCUT2D eigenvalue weighted by atomic mass is 10.1. The van der Waals surface area contributed by atoms with E-state index in [1.165, 1.54) is 21.9 Å². The van der Waals surface area contributed by atoms with Crippen LogP contribution in [0.25, 0.3) is 31.8 Å². The van der Waals surface area contributed by atoms with Crippen LogP contribution in [0.2, 0.25) is 0 Å². The quantitative estimate of drug-likeness (QED) is 0.450. The average molecular weight is 444 g/mol. The zero-order chi connectivity index (χ0) is 22.6. The minimum absolute atomic E-state index is 0.354. The Bertz CT molecular complexity index is 1630. The number of thiazole rings is 1. The minimum Gasteiger partial charge on any atom is -0.354 e. The van der Waals surface area contributed by atoms with Gasteiger partial charge in [-0.25, -0.2) is 14.8 Å². The molecule has 0 saturated carbocycles. The van der Waals surface area contributed by atoms with Crippen LogP contribution in [-0.4, -0.2) is 19.1 Å². The first kappa shape index (κ1) is 20.1. The van der Waals surface area contributed by atoms with Crippen molar-refractivity contribution in [3.8, 4) is 10.6 Å². The highest BCUT2D eigenvalue weighted by molar-refractivity contribution is 7.21. The lowest BCUT2D eigenvalue weighted by Gasteiger charge is -2.14. The maximum absolute atomic E-state index is 12.9. The summed E-state index contributed by atoms with van der Waals surface area (Å²) in [6, 6.07) is 14.2. The van der Waals surface area contributed by atoms with Crippen molar-refractivity contribution in [2.45, 2.75) is 13.8 Å². The zero-order valence-corrected chi connectivity index (χ0v) is 18.9. The van der Waals surface area contributed by atoms with Gasteiger partial charge in [0.1, 0.15) is 10.4 Å². The fraction of sp³-hybridized carbons (Fsp3) is 0.167. The Morgan fingerprint density at radius 3 is 2.47 bits per heavy atom. The molecule has 0 aliphatic rings. The van der Waals surface area contributed by atoms with E-state index in [1.807, 2.05) is 37.3 Å². The van der Waals surface area contributed by atoms with E-state index < -0.39 is 5.69 Å². The molecule has 5 aromatic rings. The topological polar surface area (TPSA) is 81.8 Å². The summed E-state index contributed by atoms with van der Waals surface area (Å²) in [6.07, 6.45) is 1.67. The van der Waals surface area contributed by atoms with Gasteiger partial charge in [0.15, 0.2) is 5.65 Å². The number of benzene rings is 2. The summed E-state index contributed by atoms with van der Waals surface area (Å²) < 4.78 is 3.66. The van der Waals surface area contributed by atoms with Gasteiger partial charge in [0.25, 0.3) is 5.56 Å². The Hall–Kier alpha value is -3.78. The predicted octanol–water partition coefficient (Wildman–Crippen LogP) is 4.27. The SMILES string of the molecule is Cc1ccc2nc(-c3ccc(Nc4c(C)cnc5c4c(=O)n(C)c(=O)n5C)cc3)sc2c1. The highest BCUT2D eigenvalue weighted by Gasteiger charge is 2.16. The first-order chi connectivity index (χ1) is 15.3. The molecule has 0 atom stereocenters. The number of hydrogen-bond donors (Lipinski definition) is 1. The highest BCUT2D eigenvalue weighted by Crippen LogP contribution is 2.32. The number of aryl methyl sites for hydroxylation is 3. The molecule has 0 unspecified atom stereocenters. The summed E-state index contributed by atoms with van der Waals surface area (Å²) in [5, 5.41) is 4.71. The van der Waals surface area contributed by atoms with E-state index in [9.17, 15) is 9.59 Å². The van der Waals surface area contributed by atoms with Crippen molar-refractivity contribution in [1.82, 2.24) is 19.1 Å². The van der Waals surface area contributed by atoms with Gasteiger partial charge < -0.3 is 5.32 Å². The van der Waals surface area contributed by atoms with Crippen molar-refractivity contribution >= 4 is 44.0 Å². The van der Waals surface area contributed by atoms with Crippen LogP contribution in [0.4, 0.5) is 11.4 Å². The van der Waals surface area contributed by atoms with Crippen LogP contribution in [0.1, 0.15) is 11.1 Å². The first-order valence-electron chi connectivity index (χ1n) is 10.1. The van der Waals surface area contributed by atoms with Crippen LogP contribution in [0.15, 0.2) is 58.3 Å². The van der Waals surface area contributed by atoms with Crippen LogP contribution in [0.3, 0.4) is 0 Å². The number of hydrogen-bond acceptors (Lipinski definition) is 6. The molecule has 0 aliphatic carbocycles. The number of nitrogens with zero attached hydrogens (tertiary/aromatic N) is 4. The summed E-state index contributed by atoms with van der Waals surface area (Å²) in [4.78, 5) is 34.2. The molecule has 32 heavy (non-hydrogen) atoms. The number of pyridine rings is 1. The Labute approximate surface area is 187 Å². The van der Waals surface area contributed by atoms with Crippen molar-refractivity contribution in [2.24, 2.45) is 14.1 Å². The molecule has 0 fully saturated rings. The number of anilines is 2. The molecule has 0 spiro atoms. The summed E-state index contributed by atoms with van der Waals surface area (Å²) in [5.41, 5.74) is 5.12. The number of nitrogens with one attached hydrogen (secondary N) is 1. The standard InChI is InChI=1S/C24H21N5O2S/c1-13-5-10-17-18(11-13)32-22(27-17)15-6-8-16(9-7-15)26-20-14(2)12-25-21-19(20)23(30)29(4)24(31)28(21)3/h5-12H,1-4H3,(H,25,26). The van der Waals surface area contributed by atoms with Crippen LogP contribution < -0.4 is 16.6 Å². The third kappa shape index (κ3) is 3.20.